The highest BCUT2D eigenvalue weighted by Crippen LogP contribution is 2.35. The minimum atomic E-state index is -0.112. The van der Waals surface area contributed by atoms with Gasteiger partial charge in [0.05, 0.1) is 16.5 Å². The molecule has 1 fully saturated rings. The topological polar surface area (TPSA) is 72.1 Å². The zero-order valence-electron chi connectivity index (χ0n) is 19.3. The third-order valence-electron chi connectivity index (χ3n) is 6.16. The number of rotatable bonds is 5. The monoisotopic (exact) mass is 498 g/mol. The van der Waals surface area contributed by atoms with E-state index in [2.05, 4.69) is 34.6 Å². The molecule has 1 aliphatic heterocycles. The summed E-state index contributed by atoms with van der Waals surface area (Å²) in [6, 6.07) is 20.2. The number of amides is 1. The second-order valence-electron chi connectivity index (χ2n) is 8.72. The van der Waals surface area contributed by atoms with Crippen molar-refractivity contribution in [3.05, 3.63) is 82.4 Å². The number of hydrogen-bond donors (Lipinski definition) is 0. The molecule has 0 radical (unpaired) electrons. The van der Waals surface area contributed by atoms with Crippen molar-refractivity contribution in [2.45, 2.75) is 26.2 Å². The van der Waals surface area contributed by atoms with E-state index in [-0.39, 0.29) is 11.8 Å². The van der Waals surface area contributed by atoms with Crippen LogP contribution < -0.4 is 4.90 Å². The first-order valence-electron chi connectivity index (χ1n) is 11.4. The van der Waals surface area contributed by atoms with E-state index in [1.807, 2.05) is 55.5 Å². The van der Waals surface area contributed by atoms with Crippen molar-refractivity contribution in [3.63, 3.8) is 0 Å². The number of carbonyl (C=O) groups is 1. The van der Waals surface area contributed by atoms with Crippen molar-refractivity contribution in [2.75, 3.05) is 11.4 Å². The standard InChI is InChI=1S/C27H22N4O2S2/c1-16-3-10-21(11-4-16)31-14-20(13-24(31)32)26-29-25(30-33-26)19-8-6-18(7-9-19)22-15-34-27(28-22)23-12-5-17(2)35-23/h3-12,15,20H,13-14H2,1-2H3/t20-/m1/s1. The Morgan fingerprint density at radius 2 is 1.71 bits per heavy atom. The number of anilines is 1. The van der Waals surface area contributed by atoms with Gasteiger partial charge < -0.3 is 9.42 Å². The third-order valence-corrected chi connectivity index (χ3v) is 8.17. The first-order valence-corrected chi connectivity index (χ1v) is 13.1. The summed E-state index contributed by atoms with van der Waals surface area (Å²) >= 11 is 3.41. The van der Waals surface area contributed by atoms with Crippen LogP contribution in [0.2, 0.25) is 0 Å². The molecule has 4 heterocycles. The minimum Gasteiger partial charge on any atom is -0.339 e. The molecule has 6 rings (SSSR count). The lowest BCUT2D eigenvalue weighted by Crippen LogP contribution is -2.24. The van der Waals surface area contributed by atoms with Crippen molar-refractivity contribution in [2.24, 2.45) is 0 Å². The summed E-state index contributed by atoms with van der Waals surface area (Å²) in [7, 11) is 0. The van der Waals surface area contributed by atoms with Gasteiger partial charge in [-0.25, -0.2) is 4.98 Å². The Kier molecular flexibility index (Phi) is 5.54. The van der Waals surface area contributed by atoms with Gasteiger partial charge in [-0.05, 0) is 38.1 Å². The third kappa shape index (κ3) is 4.31. The summed E-state index contributed by atoms with van der Waals surface area (Å²) in [5, 5.41) is 7.31. The highest BCUT2D eigenvalue weighted by molar-refractivity contribution is 7.21. The van der Waals surface area contributed by atoms with Gasteiger partial charge in [0.15, 0.2) is 0 Å². The molecule has 0 saturated carbocycles. The molecule has 0 N–H and O–H groups in total. The first-order chi connectivity index (χ1) is 17.0. The number of thiazole rings is 1. The minimum absolute atomic E-state index is 0.0725. The van der Waals surface area contributed by atoms with Crippen LogP contribution in [0.3, 0.4) is 0 Å². The molecule has 6 nitrogen and oxygen atoms in total. The van der Waals surface area contributed by atoms with Gasteiger partial charge in [-0.1, -0.05) is 47.1 Å². The van der Waals surface area contributed by atoms with Crippen LogP contribution in [0.25, 0.3) is 32.5 Å². The number of hydrogen-bond acceptors (Lipinski definition) is 7. The van der Waals surface area contributed by atoms with Crippen molar-refractivity contribution >= 4 is 34.3 Å². The van der Waals surface area contributed by atoms with Gasteiger partial charge in [0, 0.05) is 40.0 Å². The first kappa shape index (κ1) is 21.9. The Bertz CT molecular complexity index is 1500. The van der Waals surface area contributed by atoms with E-state index in [1.54, 1.807) is 27.6 Å². The fraction of sp³-hybridized carbons (Fsp3) is 0.185. The van der Waals surface area contributed by atoms with Crippen molar-refractivity contribution in [1.82, 2.24) is 15.1 Å². The van der Waals surface area contributed by atoms with Crippen LogP contribution in [-0.4, -0.2) is 27.6 Å². The molecule has 0 aliphatic carbocycles. The molecule has 5 aromatic rings. The maximum absolute atomic E-state index is 12.6. The van der Waals surface area contributed by atoms with Gasteiger partial charge in [-0.2, -0.15) is 4.98 Å². The Morgan fingerprint density at radius 1 is 0.943 bits per heavy atom. The predicted molar refractivity (Wildman–Crippen MR) is 140 cm³/mol. The lowest BCUT2D eigenvalue weighted by molar-refractivity contribution is -0.117. The Balaban J connectivity index is 1.17. The number of thiophene rings is 1. The van der Waals surface area contributed by atoms with Gasteiger partial charge in [0.25, 0.3) is 0 Å². The molecule has 1 atom stereocenters. The molecule has 174 valence electrons. The maximum atomic E-state index is 12.6. The smallest absolute Gasteiger partial charge is 0.232 e. The fourth-order valence-corrected chi connectivity index (χ4v) is 5.99. The number of benzene rings is 2. The molecule has 1 aliphatic rings. The lowest BCUT2D eigenvalue weighted by atomic mass is 10.1. The Morgan fingerprint density at radius 3 is 2.46 bits per heavy atom. The largest absolute Gasteiger partial charge is 0.339 e. The van der Waals surface area contributed by atoms with E-state index in [1.165, 1.54) is 9.75 Å². The van der Waals surface area contributed by atoms with Crippen LogP contribution in [0.1, 0.15) is 28.7 Å². The molecule has 35 heavy (non-hydrogen) atoms. The molecule has 8 heteroatoms. The van der Waals surface area contributed by atoms with Crippen LogP contribution in [-0.2, 0) is 4.79 Å². The van der Waals surface area contributed by atoms with E-state index >= 15 is 0 Å². The van der Waals surface area contributed by atoms with Crippen LogP contribution in [0.4, 0.5) is 5.69 Å². The van der Waals surface area contributed by atoms with Crippen LogP contribution in [0, 0.1) is 13.8 Å². The van der Waals surface area contributed by atoms with E-state index in [0.29, 0.717) is 24.7 Å². The van der Waals surface area contributed by atoms with Gasteiger partial charge in [-0.3, -0.25) is 4.79 Å². The van der Waals surface area contributed by atoms with Gasteiger partial charge in [0.1, 0.15) is 5.01 Å². The predicted octanol–water partition coefficient (Wildman–Crippen LogP) is 6.73. The van der Waals surface area contributed by atoms with Crippen LogP contribution >= 0.6 is 22.7 Å². The average Bonchev–Trinajstić information content (AvgIpc) is 3.66. The molecule has 2 aromatic carbocycles. The Labute approximate surface area is 210 Å². The van der Waals surface area contributed by atoms with Crippen LogP contribution in [0.5, 0.6) is 0 Å². The molecule has 0 unspecified atom stereocenters. The van der Waals surface area contributed by atoms with E-state index in [0.717, 1.165) is 33.1 Å². The Hall–Kier alpha value is -3.62. The SMILES string of the molecule is Cc1ccc(N2C[C@H](c3nc(-c4ccc(-c5csc(-c6ccc(C)s6)n5)cc4)no3)CC2=O)cc1. The number of aromatic nitrogens is 3. The normalized spacial score (nSPS) is 15.8. The van der Waals surface area contributed by atoms with E-state index in [9.17, 15) is 4.79 Å². The van der Waals surface area contributed by atoms with Crippen molar-refractivity contribution in [1.29, 1.82) is 0 Å². The second-order valence-corrected chi connectivity index (χ2v) is 10.9. The summed E-state index contributed by atoms with van der Waals surface area (Å²) in [6.45, 7) is 4.68. The molecule has 3 aromatic heterocycles. The van der Waals surface area contributed by atoms with Crippen molar-refractivity contribution in [3.8, 4) is 32.5 Å². The number of nitrogens with zero attached hydrogens (tertiary/aromatic N) is 4. The zero-order chi connectivity index (χ0) is 23.9. The molecular formula is C27H22N4O2S2. The van der Waals surface area contributed by atoms with Crippen molar-refractivity contribution < 1.29 is 9.32 Å². The quantitative estimate of drug-likeness (QED) is 0.269. The molecule has 0 spiro atoms. The molecular weight excluding hydrogens is 476 g/mol. The average molecular weight is 499 g/mol. The van der Waals surface area contributed by atoms with Crippen LogP contribution in [0.15, 0.2) is 70.6 Å². The number of aryl methyl sites for hydroxylation is 2. The van der Waals surface area contributed by atoms with Gasteiger partial charge in [0.2, 0.25) is 17.6 Å². The second kappa shape index (κ2) is 8.87. The summed E-state index contributed by atoms with van der Waals surface area (Å²) in [6.07, 6.45) is 0.365. The molecule has 1 amide bonds. The fourth-order valence-electron chi connectivity index (χ4n) is 4.22. The summed E-state index contributed by atoms with van der Waals surface area (Å²) in [5.74, 6) is 0.991. The van der Waals surface area contributed by atoms with E-state index < -0.39 is 0 Å². The summed E-state index contributed by atoms with van der Waals surface area (Å²) < 4.78 is 5.57. The lowest BCUT2D eigenvalue weighted by Gasteiger charge is -2.16. The van der Waals surface area contributed by atoms with Gasteiger partial charge >= 0.3 is 0 Å². The summed E-state index contributed by atoms with van der Waals surface area (Å²) in [4.78, 5) is 26.3. The molecule has 1 saturated heterocycles. The summed E-state index contributed by atoms with van der Waals surface area (Å²) in [5.41, 5.74) is 4.93. The van der Waals surface area contributed by atoms with E-state index in [4.69, 9.17) is 9.51 Å². The highest BCUT2D eigenvalue weighted by Gasteiger charge is 2.35. The maximum Gasteiger partial charge on any atom is 0.232 e. The molecule has 0 bridgehead atoms. The zero-order valence-corrected chi connectivity index (χ0v) is 20.9. The highest BCUT2D eigenvalue weighted by atomic mass is 32.1. The number of carbonyl (C=O) groups excluding carboxylic acids is 1. The van der Waals surface area contributed by atoms with Gasteiger partial charge in [-0.15, -0.1) is 22.7 Å².